The lowest BCUT2D eigenvalue weighted by Crippen LogP contribution is -2.47. The highest BCUT2D eigenvalue weighted by molar-refractivity contribution is 7.17. The van der Waals surface area contributed by atoms with Crippen LogP contribution < -0.4 is 10.6 Å². The summed E-state index contributed by atoms with van der Waals surface area (Å²) in [4.78, 5) is 24.6. The summed E-state index contributed by atoms with van der Waals surface area (Å²) in [5.74, 6) is -0.277. The number of nitrogens with zero attached hydrogens (tertiary/aromatic N) is 1. The molecule has 1 aliphatic heterocycles. The highest BCUT2D eigenvalue weighted by Crippen LogP contribution is 2.30. The molecule has 2 heterocycles. The minimum absolute atomic E-state index is 0.216. The standard InChI is InChI=1S/C11H14N2O2S/c12-11(15)9-3-1-2-6-13(9)10-5-4-8(7-14)16-10/h4-5,7,9H,1-3,6H2,(H2,12,15). The molecule has 4 nitrogen and oxygen atoms in total. The number of thiophene rings is 1. The lowest BCUT2D eigenvalue weighted by molar-refractivity contribution is -0.119. The van der Waals surface area contributed by atoms with Gasteiger partial charge in [-0.05, 0) is 31.4 Å². The third-order valence-corrected chi connectivity index (χ3v) is 3.89. The van der Waals surface area contributed by atoms with Crippen LogP contribution >= 0.6 is 11.3 Å². The van der Waals surface area contributed by atoms with Crippen molar-refractivity contribution in [1.29, 1.82) is 0 Å². The van der Waals surface area contributed by atoms with Gasteiger partial charge in [0.15, 0.2) is 6.29 Å². The van der Waals surface area contributed by atoms with E-state index >= 15 is 0 Å². The molecule has 1 fully saturated rings. The Balaban J connectivity index is 2.22. The molecule has 1 saturated heterocycles. The van der Waals surface area contributed by atoms with Crippen molar-refractivity contribution in [2.75, 3.05) is 11.4 Å². The SMILES string of the molecule is NC(=O)C1CCCCN1c1ccc(C=O)s1. The van der Waals surface area contributed by atoms with Gasteiger partial charge in [0, 0.05) is 6.54 Å². The van der Waals surface area contributed by atoms with Gasteiger partial charge in [-0.1, -0.05) is 0 Å². The van der Waals surface area contributed by atoms with Crippen molar-refractivity contribution >= 4 is 28.5 Å². The highest BCUT2D eigenvalue weighted by atomic mass is 32.1. The predicted octanol–water partition coefficient (Wildman–Crippen LogP) is 1.40. The van der Waals surface area contributed by atoms with Gasteiger partial charge in [-0.2, -0.15) is 0 Å². The highest BCUT2D eigenvalue weighted by Gasteiger charge is 2.27. The van der Waals surface area contributed by atoms with Crippen molar-refractivity contribution in [3.05, 3.63) is 17.0 Å². The summed E-state index contributed by atoms with van der Waals surface area (Å²) in [6, 6.07) is 3.45. The number of aldehydes is 1. The second-order valence-corrected chi connectivity index (χ2v) is 5.00. The van der Waals surface area contributed by atoms with Crippen LogP contribution in [-0.4, -0.2) is 24.8 Å². The van der Waals surface area contributed by atoms with Gasteiger partial charge >= 0.3 is 0 Å². The molecule has 86 valence electrons. The fourth-order valence-corrected chi connectivity index (χ4v) is 2.95. The second-order valence-electron chi connectivity index (χ2n) is 3.90. The molecule has 1 aromatic rings. The zero-order valence-corrected chi connectivity index (χ0v) is 9.70. The lowest BCUT2D eigenvalue weighted by atomic mass is 10.0. The number of rotatable bonds is 3. The molecule has 1 aromatic heterocycles. The van der Waals surface area contributed by atoms with E-state index in [1.165, 1.54) is 11.3 Å². The molecule has 2 N–H and O–H groups in total. The van der Waals surface area contributed by atoms with Gasteiger partial charge in [0.25, 0.3) is 0 Å². The van der Waals surface area contributed by atoms with Crippen LogP contribution in [0.15, 0.2) is 12.1 Å². The summed E-state index contributed by atoms with van der Waals surface area (Å²) in [6.45, 7) is 0.840. The van der Waals surface area contributed by atoms with Crippen molar-refractivity contribution < 1.29 is 9.59 Å². The number of anilines is 1. The summed E-state index contributed by atoms with van der Waals surface area (Å²) < 4.78 is 0. The van der Waals surface area contributed by atoms with Crippen molar-refractivity contribution in [3.63, 3.8) is 0 Å². The quantitative estimate of drug-likeness (QED) is 0.810. The van der Waals surface area contributed by atoms with Crippen LogP contribution in [0.3, 0.4) is 0 Å². The van der Waals surface area contributed by atoms with E-state index in [4.69, 9.17) is 5.73 Å². The Morgan fingerprint density at radius 1 is 1.50 bits per heavy atom. The van der Waals surface area contributed by atoms with Crippen molar-refractivity contribution in [2.45, 2.75) is 25.3 Å². The van der Waals surface area contributed by atoms with E-state index in [0.717, 1.165) is 37.1 Å². The number of carbonyl (C=O) groups is 2. The minimum atomic E-state index is -0.277. The molecule has 1 atom stereocenters. The normalized spacial score (nSPS) is 20.8. The van der Waals surface area contributed by atoms with E-state index < -0.39 is 0 Å². The molecule has 1 unspecified atom stereocenters. The van der Waals surface area contributed by atoms with E-state index in [1.807, 2.05) is 11.0 Å². The van der Waals surface area contributed by atoms with Gasteiger partial charge in [0.2, 0.25) is 5.91 Å². The van der Waals surface area contributed by atoms with Gasteiger partial charge in [0.1, 0.15) is 6.04 Å². The first kappa shape index (κ1) is 11.1. The molecule has 2 rings (SSSR count). The monoisotopic (exact) mass is 238 g/mol. The maximum absolute atomic E-state index is 11.3. The van der Waals surface area contributed by atoms with Crippen LogP contribution in [-0.2, 0) is 4.79 Å². The fraction of sp³-hybridized carbons (Fsp3) is 0.455. The Morgan fingerprint density at radius 2 is 2.31 bits per heavy atom. The second kappa shape index (κ2) is 4.65. The first-order chi connectivity index (χ1) is 7.72. The van der Waals surface area contributed by atoms with Crippen LogP contribution in [0.1, 0.15) is 28.9 Å². The zero-order valence-electron chi connectivity index (χ0n) is 8.89. The molecular weight excluding hydrogens is 224 g/mol. The average molecular weight is 238 g/mol. The Hall–Kier alpha value is -1.36. The number of amides is 1. The summed E-state index contributed by atoms with van der Waals surface area (Å²) >= 11 is 1.41. The van der Waals surface area contributed by atoms with E-state index in [0.29, 0.717) is 4.88 Å². The number of piperidine rings is 1. The maximum Gasteiger partial charge on any atom is 0.240 e. The van der Waals surface area contributed by atoms with Crippen LogP contribution in [0.2, 0.25) is 0 Å². The van der Waals surface area contributed by atoms with Crippen molar-refractivity contribution in [3.8, 4) is 0 Å². The number of nitrogens with two attached hydrogens (primary N) is 1. The molecule has 0 aromatic carbocycles. The summed E-state index contributed by atoms with van der Waals surface area (Å²) in [6.07, 6.45) is 3.75. The third kappa shape index (κ3) is 2.09. The summed E-state index contributed by atoms with van der Waals surface area (Å²) in [5, 5.41) is 0.964. The number of hydrogen-bond donors (Lipinski definition) is 1. The number of carbonyl (C=O) groups excluding carboxylic acids is 2. The Kier molecular flexibility index (Phi) is 3.24. The molecule has 0 saturated carbocycles. The zero-order chi connectivity index (χ0) is 11.5. The van der Waals surface area contributed by atoms with Crippen molar-refractivity contribution in [1.82, 2.24) is 0 Å². The van der Waals surface area contributed by atoms with Gasteiger partial charge in [-0.3, -0.25) is 9.59 Å². The Bertz CT molecular complexity index is 402. The molecule has 16 heavy (non-hydrogen) atoms. The topological polar surface area (TPSA) is 63.4 Å². The maximum atomic E-state index is 11.3. The van der Waals surface area contributed by atoms with E-state index in [1.54, 1.807) is 6.07 Å². The van der Waals surface area contributed by atoms with Crippen LogP contribution in [0.4, 0.5) is 5.00 Å². The molecule has 1 aliphatic rings. The molecule has 0 aliphatic carbocycles. The van der Waals surface area contributed by atoms with E-state index in [9.17, 15) is 9.59 Å². The number of primary amides is 1. The smallest absolute Gasteiger partial charge is 0.240 e. The van der Waals surface area contributed by atoms with Gasteiger partial charge in [-0.15, -0.1) is 11.3 Å². The fourth-order valence-electron chi connectivity index (χ4n) is 2.05. The average Bonchev–Trinajstić information content (AvgIpc) is 2.77. The first-order valence-corrected chi connectivity index (χ1v) is 6.15. The van der Waals surface area contributed by atoms with Crippen LogP contribution in [0.25, 0.3) is 0 Å². The molecular formula is C11H14N2O2S. The minimum Gasteiger partial charge on any atom is -0.368 e. The first-order valence-electron chi connectivity index (χ1n) is 5.33. The largest absolute Gasteiger partial charge is 0.368 e. The molecule has 0 bridgehead atoms. The third-order valence-electron chi connectivity index (χ3n) is 2.84. The molecule has 1 amide bonds. The summed E-state index contributed by atoms with van der Waals surface area (Å²) in [7, 11) is 0. The van der Waals surface area contributed by atoms with Crippen LogP contribution in [0.5, 0.6) is 0 Å². The number of hydrogen-bond acceptors (Lipinski definition) is 4. The molecule has 0 spiro atoms. The van der Waals surface area contributed by atoms with Gasteiger partial charge in [-0.25, -0.2) is 0 Å². The Morgan fingerprint density at radius 3 is 2.94 bits per heavy atom. The van der Waals surface area contributed by atoms with Crippen LogP contribution in [0, 0.1) is 0 Å². The van der Waals surface area contributed by atoms with Crippen molar-refractivity contribution in [2.24, 2.45) is 5.73 Å². The van der Waals surface area contributed by atoms with Gasteiger partial charge < -0.3 is 10.6 Å². The van der Waals surface area contributed by atoms with E-state index in [-0.39, 0.29) is 11.9 Å². The Labute approximate surface area is 98.0 Å². The van der Waals surface area contributed by atoms with Gasteiger partial charge in [0.05, 0.1) is 9.88 Å². The molecule has 0 radical (unpaired) electrons. The summed E-state index contributed by atoms with van der Waals surface area (Å²) in [5.41, 5.74) is 5.39. The predicted molar refractivity (Wildman–Crippen MR) is 63.9 cm³/mol. The molecule has 5 heteroatoms. The lowest BCUT2D eigenvalue weighted by Gasteiger charge is -2.34. The van der Waals surface area contributed by atoms with E-state index in [2.05, 4.69) is 0 Å².